The molecule has 4 nitrogen and oxygen atoms in total. The predicted molar refractivity (Wildman–Crippen MR) is 54.2 cm³/mol. The van der Waals surface area contributed by atoms with E-state index in [1.54, 1.807) is 0 Å². The summed E-state index contributed by atoms with van der Waals surface area (Å²) in [6.45, 7) is 1.98. The summed E-state index contributed by atoms with van der Waals surface area (Å²) < 4.78 is 4.92. The molecule has 0 N–H and O–H groups in total. The van der Waals surface area contributed by atoms with Crippen molar-refractivity contribution in [3.63, 3.8) is 0 Å². The molecule has 0 bridgehead atoms. The third-order valence-electron chi connectivity index (χ3n) is 2.11. The fraction of sp³-hybridized carbons (Fsp3) is 0.182. The highest BCUT2D eigenvalue weighted by Crippen LogP contribution is 2.19. The Hall–Kier alpha value is -1.97. The molecule has 0 amide bonds. The van der Waals surface area contributed by atoms with Crippen molar-refractivity contribution in [3.8, 4) is 11.4 Å². The fourth-order valence-electron chi connectivity index (χ4n) is 1.34. The quantitative estimate of drug-likeness (QED) is 0.712. The molecular weight excluding hydrogens is 192 g/mol. The van der Waals surface area contributed by atoms with Gasteiger partial charge in [0.1, 0.15) is 6.29 Å². The first-order chi connectivity index (χ1) is 7.31. The molecule has 0 saturated heterocycles. The third-order valence-corrected chi connectivity index (χ3v) is 2.11. The van der Waals surface area contributed by atoms with E-state index in [9.17, 15) is 4.79 Å². The SMILES string of the molecule is Cc1ccccc1-c1noc(CC=O)n1. The summed E-state index contributed by atoms with van der Waals surface area (Å²) >= 11 is 0. The molecule has 0 aliphatic heterocycles. The number of rotatable bonds is 3. The summed E-state index contributed by atoms with van der Waals surface area (Å²) in [4.78, 5) is 14.4. The molecule has 0 unspecified atom stereocenters. The molecule has 76 valence electrons. The molecule has 1 aromatic heterocycles. The van der Waals surface area contributed by atoms with Crippen LogP contribution in [-0.2, 0) is 11.2 Å². The van der Waals surface area contributed by atoms with Crippen molar-refractivity contribution in [2.75, 3.05) is 0 Å². The topological polar surface area (TPSA) is 56.0 Å². The van der Waals surface area contributed by atoms with Crippen LogP contribution in [0.3, 0.4) is 0 Å². The molecule has 2 aromatic rings. The smallest absolute Gasteiger partial charge is 0.234 e. The van der Waals surface area contributed by atoms with Gasteiger partial charge in [0.25, 0.3) is 0 Å². The van der Waals surface area contributed by atoms with E-state index in [0.717, 1.165) is 17.4 Å². The molecule has 0 spiro atoms. The van der Waals surface area contributed by atoms with Gasteiger partial charge in [0.15, 0.2) is 0 Å². The van der Waals surface area contributed by atoms with Crippen LogP contribution in [0.1, 0.15) is 11.5 Å². The highest BCUT2D eigenvalue weighted by Gasteiger charge is 2.09. The number of hydrogen-bond acceptors (Lipinski definition) is 4. The zero-order valence-electron chi connectivity index (χ0n) is 8.30. The molecule has 0 atom stereocenters. The number of aryl methyl sites for hydroxylation is 1. The van der Waals surface area contributed by atoms with Crippen LogP contribution in [0.2, 0.25) is 0 Å². The van der Waals surface area contributed by atoms with E-state index < -0.39 is 0 Å². The summed E-state index contributed by atoms with van der Waals surface area (Å²) in [6.07, 6.45) is 0.911. The Morgan fingerprint density at radius 1 is 1.40 bits per heavy atom. The lowest BCUT2D eigenvalue weighted by Crippen LogP contribution is -1.87. The first-order valence-corrected chi connectivity index (χ1v) is 4.63. The molecule has 0 saturated carbocycles. The Morgan fingerprint density at radius 2 is 2.20 bits per heavy atom. The molecule has 0 radical (unpaired) electrons. The largest absolute Gasteiger partial charge is 0.339 e. The minimum atomic E-state index is 0.166. The van der Waals surface area contributed by atoms with Gasteiger partial charge in [-0.15, -0.1) is 0 Å². The van der Waals surface area contributed by atoms with E-state index in [1.165, 1.54) is 0 Å². The Balaban J connectivity index is 2.37. The molecule has 2 rings (SSSR count). The minimum Gasteiger partial charge on any atom is -0.339 e. The van der Waals surface area contributed by atoms with Gasteiger partial charge in [0, 0.05) is 5.56 Å². The predicted octanol–water partition coefficient (Wildman–Crippen LogP) is 1.79. The number of nitrogens with zero attached hydrogens (tertiary/aromatic N) is 2. The monoisotopic (exact) mass is 202 g/mol. The second-order valence-corrected chi connectivity index (χ2v) is 3.20. The van der Waals surface area contributed by atoms with Crippen molar-refractivity contribution < 1.29 is 9.32 Å². The number of carbonyl (C=O) groups excluding carboxylic acids is 1. The molecular formula is C11H10N2O2. The lowest BCUT2D eigenvalue weighted by Gasteiger charge is -1.97. The molecule has 1 aromatic carbocycles. The van der Waals surface area contributed by atoms with Crippen molar-refractivity contribution in [2.45, 2.75) is 13.3 Å². The maximum Gasteiger partial charge on any atom is 0.234 e. The van der Waals surface area contributed by atoms with Crippen LogP contribution in [0.5, 0.6) is 0 Å². The molecule has 1 heterocycles. The average Bonchev–Trinajstić information content (AvgIpc) is 2.68. The van der Waals surface area contributed by atoms with E-state index in [0.29, 0.717) is 11.7 Å². The van der Waals surface area contributed by atoms with Gasteiger partial charge in [-0.2, -0.15) is 4.98 Å². The zero-order chi connectivity index (χ0) is 10.7. The zero-order valence-corrected chi connectivity index (χ0v) is 8.30. The van der Waals surface area contributed by atoms with Gasteiger partial charge < -0.3 is 9.32 Å². The third kappa shape index (κ3) is 1.93. The van der Waals surface area contributed by atoms with Crippen molar-refractivity contribution in [1.82, 2.24) is 10.1 Å². The number of carbonyl (C=O) groups is 1. The maximum atomic E-state index is 10.3. The summed E-state index contributed by atoms with van der Waals surface area (Å²) in [5.74, 6) is 0.883. The van der Waals surface area contributed by atoms with E-state index in [4.69, 9.17) is 4.52 Å². The van der Waals surface area contributed by atoms with Crippen molar-refractivity contribution >= 4 is 6.29 Å². The standard InChI is InChI=1S/C11H10N2O2/c1-8-4-2-3-5-9(8)11-12-10(6-7-14)15-13-11/h2-5,7H,6H2,1H3. The fourth-order valence-corrected chi connectivity index (χ4v) is 1.34. The highest BCUT2D eigenvalue weighted by atomic mass is 16.5. The van der Waals surface area contributed by atoms with Gasteiger partial charge in [0.05, 0.1) is 6.42 Å². The first-order valence-electron chi connectivity index (χ1n) is 4.63. The van der Waals surface area contributed by atoms with Crippen LogP contribution >= 0.6 is 0 Å². The van der Waals surface area contributed by atoms with Crippen LogP contribution in [0.15, 0.2) is 28.8 Å². The van der Waals surface area contributed by atoms with Gasteiger partial charge in [-0.05, 0) is 12.5 Å². The molecule has 0 fully saturated rings. The second kappa shape index (κ2) is 4.04. The lowest BCUT2D eigenvalue weighted by molar-refractivity contribution is -0.107. The minimum absolute atomic E-state index is 0.166. The molecule has 15 heavy (non-hydrogen) atoms. The van der Waals surface area contributed by atoms with E-state index in [1.807, 2.05) is 31.2 Å². The molecule has 0 aliphatic carbocycles. The van der Waals surface area contributed by atoms with Crippen molar-refractivity contribution in [3.05, 3.63) is 35.7 Å². The van der Waals surface area contributed by atoms with Gasteiger partial charge in [-0.25, -0.2) is 0 Å². The van der Waals surface area contributed by atoms with E-state index in [-0.39, 0.29) is 6.42 Å². The summed E-state index contributed by atoms with van der Waals surface area (Å²) in [6, 6.07) is 7.76. The van der Waals surface area contributed by atoms with Crippen molar-refractivity contribution in [1.29, 1.82) is 0 Å². The summed E-state index contributed by atoms with van der Waals surface area (Å²) in [5, 5.41) is 3.82. The lowest BCUT2D eigenvalue weighted by atomic mass is 10.1. The van der Waals surface area contributed by atoms with Crippen LogP contribution < -0.4 is 0 Å². The van der Waals surface area contributed by atoms with Gasteiger partial charge in [-0.1, -0.05) is 29.4 Å². The van der Waals surface area contributed by atoms with Crippen LogP contribution in [0, 0.1) is 6.92 Å². The van der Waals surface area contributed by atoms with Crippen LogP contribution in [-0.4, -0.2) is 16.4 Å². The average molecular weight is 202 g/mol. The van der Waals surface area contributed by atoms with Gasteiger partial charge in [-0.3, -0.25) is 0 Å². The molecule has 4 heteroatoms. The number of aldehydes is 1. The normalized spacial score (nSPS) is 10.2. The highest BCUT2D eigenvalue weighted by molar-refractivity contribution is 5.59. The Labute approximate surface area is 86.9 Å². The van der Waals surface area contributed by atoms with Gasteiger partial charge >= 0.3 is 0 Å². The maximum absolute atomic E-state index is 10.3. The van der Waals surface area contributed by atoms with E-state index in [2.05, 4.69) is 10.1 Å². The Morgan fingerprint density at radius 3 is 2.93 bits per heavy atom. The summed E-state index contributed by atoms with van der Waals surface area (Å²) in [7, 11) is 0. The Kier molecular flexibility index (Phi) is 2.58. The first kappa shape index (κ1) is 9.58. The second-order valence-electron chi connectivity index (χ2n) is 3.20. The summed E-state index contributed by atoms with van der Waals surface area (Å²) in [5.41, 5.74) is 2.01. The molecule has 0 aliphatic rings. The Bertz CT molecular complexity index is 477. The van der Waals surface area contributed by atoms with Crippen LogP contribution in [0.4, 0.5) is 0 Å². The number of benzene rings is 1. The van der Waals surface area contributed by atoms with Gasteiger partial charge in [0.2, 0.25) is 11.7 Å². The van der Waals surface area contributed by atoms with E-state index >= 15 is 0 Å². The number of aromatic nitrogens is 2. The van der Waals surface area contributed by atoms with Crippen LogP contribution in [0.25, 0.3) is 11.4 Å². The number of hydrogen-bond donors (Lipinski definition) is 0. The van der Waals surface area contributed by atoms with Crippen molar-refractivity contribution in [2.24, 2.45) is 0 Å².